The highest BCUT2D eigenvalue weighted by Crippen LogP contribution is 2.25. The van der Waals surface area contributed by atoms with Crippen LogP contribution in [0.2, 0.25) is 0 Å². The van der Waals surface area contributed by atoms with Crippen LogP contribution in [0.5, 0.6) is 0 Å². The Morgan fingerprint density at radius 2 is 1.78 bits per heavy atom. The molecule has 2 heterocycles. The minimum atomic E-state index is -0.243. The molecule has 0 fully saturated rings. The van der Waals surface area contributed by atoms with Crippen molar-refractivity contribution >= 4 is 28.4 Å². The molecule has 0 aliphatic carbocycles. The molecule has 32 heavy (non-hydrogen) atoms. The predicted molar refractivity (Wildman–Crippen MR) is 126 cm³/mol. The Morgan fingerprint density at radius 1 is 1.00 bits per heavy atom. The smallest absolute Gasteiger partial charge is 0.254 e. The Bertz CT molecular complexity index is 1270. The molecule has 2 amide bonds. The highest BCUT2D eigenvalue weighted by atomic mass is 16.2. The number of hydrogen-bond acceptors (Lipinski definition) is 4. The van der Waals surface area contributed by atoms with Crippen LogP contribution in [-0.4, -0.2) is 40.3 Å². The van der Waals surface area contributed by atoms with E-state index < -0.39 is 0 Å². The molecule has 6 nitrogen and oxygen atoms in total. The highest BCUT2D eigenvalue weighted by Gasteiger charge is 2.20. The molecular weight excluding hydrogens is 400 g/mol. The fourth-order valence-electron chi connectivity index (χ4n) is 3.65. The van der Waals surface area contributed by atoms with Crippen molar-refractivity contribution < 1.29 is 9.59 Å². The van der Waals surface area contributed by atoms with Gasteiger partial charge >= 0.3 is 0 Å². The number of rotatable bonds is 6. The number of benzene rings is 2. The zero-order valence-corrected chi connectivity index (χ0v) is 18.1. The van der Waals surface area contributed by atoms with Gasteiger partial charge in [0.2, 0.25) is 5.91 Å². The average molecular weight is 425 g/mol. The molecular formula is C26H24N4O2. The van der Waals surface area contributed by atoms with Gasteiger partial charge in [-0.25, -0.2) is 4.98 Å². The molecule has 160 valence electrons. The van der Waals surface area contributed by atoms with Crippen molar-refractivity contribution in [2.24, 2.45) is 0 Å². The van der Waals surface area contributed by atoms with Gasteiger partial charge in [0, 0.05) is 36.1 Å². The summed E-state index contributed by atoms with van der Waals surface area (Å²) in [6.45, 7) is 1.98. The number of fused-ring (bicyclic) bond motifs is 1. The van der Waals surface area contributed by atoms with Gasteiger partial charge in [0.05, 0.1) is 23.3 Å². The topological polar surface area (TPSA) is 75.2 Å². The van der Waals surface area contributed by atoms with Crippen LogP contribution in [0.1, 0.15) is 22.8 Å². The van der Waals surface area contributed by atoms with Crippen LogP contribution >= 0.6 is 0 Å². The van der Waals surface area contributed by atoms with Crippen LogP contribution in [0, 0.1) is 0 Å². The molecule has 4 aromatic rings. The lowest BCUT2D eigenvalue weighted by atomic mass is 10.0. The van der Waals surface area contributed by atoms with Crippen LogP contribution in [0.4, 0.5) is 5.69 Å². The van der Waals surface area contributed by atoms with Gasteiger partial charge < -0.3 is 10.2 Å². The molecule has 0 atom stereocenters. The number of amides is 2. The number of nitrogens with one attached hydrogen (secondary N) is 1. The zero-order chi connectivity index (χ0) is 22.5. The summed E-state index contributed by atoms with van der Waals surface area (Å²) in [6.07, 6.45) is 4.22. The number of anilines is 1. The monoisotopic (exact) mass is 424 g/mol. The van der Waals surface area contributed by atoms with Gasteiger partial charge in [-0.1, -0.05) is 43.3 Å². The van der Waals surface area contributed by atoms with Crippen LogP contribution in [-0.2, 0) is 11.2 Å². The zero-order valence-electron chi connectivity index (χ0n) is 18.1. The number of para-hydroxylation sites is 2. The van der Waals surface area contributed by atoms with E-state index in [1.807, 2.05) is 67.6 Å². The van der Waals surface area contributed by atoms with E-state index in [4.69, 9.17) is 4.98 Å². The van der Waals surface area contributed by atoms with Gasteiger partial charge in [-0.3, -0.25) is 14.6 Å². The molecule has 0 radical (unpaired) electrons. The first-order chi connectivity index (χ1) is 15.6. The molecule has 0 aliphatic heterocycles. The third-order valence-corrected chi connectivity index (χ3v) is 5.30. The molecule has 2 aromatic carbocycles. The van der Waals surface area contributed by atoms with Crippen LogP contribution < -0.4 is 5.32 Å². The summed E-state index contributed by atoms with van der Waals surface area (Å²) in [6, 6.07) is 20.7. The number of carbonyl (C=O) groups is 2. The average Bonchev–Trinajstić information content (AvgIpc) is 2.83. The highest BCUT2D eigenvalue weighted by molar-refractivity contribution is 6.08. The van der Waals surface area contributed by atoms with Gasteiger partial charge in [-0.2, -0.15) is 0 Å². The Kier molecular flexibility index (Phi) is 6.22. The van der Waals surface area contributed by atoms with E-state index >= 15 is 0 Å². The summed E-state index contributed by atoms with van der Waals surface area (Å²) in [4.78, 5) is 36.3. The first-order valence-electron chi connectivity index (χ1n) is 10.5. The minimum absolute atomic E-state index is 0.0598. The van der Waals surface area contributed by atoms with Crippen molar-refractivity contribution in [2.75, 3.05) is 18.9 Å². The molecule has 1 N–H and O–H groups in total. The van der Waals surface area contributed by atoms with E-state index in [0.717, 1.165) is 28.6 Å². The normalized spacial score (nSPS) is 10.7. The number of aromatic nitrogens is 2. The number of nitrogens with zero attached hydrogens (tertiary/aromatic N) is 3. The van der Waals surface area contributed by atoms with E-state index in [0.29, 0.717) is 16.8 Å². The van der Waals surface area contributed by atoms with Gasteiger partial charge in [-0.15, -0.1) is 0 Å². The molecule has 0 bridgehead atoms. The molecule has 0 unspecified atom stereocenters. The van der Waals surface area contributed by atoms with Crippen molar-refractivity contribution in [3.05, 3.63) is 90.3 Å². The molecule has 0 spiro atoms. The number of hydrogen-bond donors (Lipinski definition) is 1. The summed E-state index contributed by atoms with van der Waals surface area (Å²) in [7, 11) is 1.63. The number of carbonyl (C=O) groups excluding carboxylic acids is 2. The number of likely N-dealkylation sites (N-methyl/N-ethyl adjacent to an activating group) is 1. The van der Waals surface area contributed by atoms with E-state index in [1.165, 1.54) is 4.90 Å². The van der Waals surface area contributed by atoms with E-state index in [9.17, 15) is 9.59 Å². The van der Waals surface area contributed by atoms with Gasteiger partial charge in [-0.05, 0) is 42.3 Å². The quantitative estimate of drug-likeness (QED) is 0.492. The van der Waals surface area contributed by atoms with Gasteiger partial charge in [0.25, 0.3) is 5.91 Å². The third kappa shape index (κ3) is 4.49. The van der Waals surface area contributed by atoms with Gasteiger partial charge in [0.1, 0.15) is 0 Å². The molecule has 2 aromatic heterocycles. The lowest BCUT2D eigenvalue weighted by molar-refractivity contribution is -0.116. The van der Waals surface area contributed by atoms with Crippen LogP contribution in [0.25, 0.3) is 22.2 Å². The summed E-state index contributed by atoms with van der Waals surface area (Å²) >= 11 is 0. The minimum Gasteiger partial charge on any atom is -0.332 e. The van der Waals surface area contributed by atoms with Crippen molar-refractivity contribution in [3.63, 3.8) is 0 Å². The second-order valence-electron chi connectivity index (χ2n) is 7.53. The Hall–Kier alpha value is -4.06. The standard InChI is InChI=1S/C26H24N4O2/c1-3-18-9-4-6-12-22(18)29-25(31)17-30(2)26(32)21-15-24(19-10-8-14-27-16-19)28-23-13-7-5-11-20(21)23/h4-16H,3,17H2,1-2H3,(H,29,31). The maximum absolute atomic E-state index is 13.4. The Morgan fingerprint density at radius 3 is 2.56 bits per heavy atom. The lowest BCUT2D eigenvalue weighted by Gasteiger charge is -2.19. The van der Waals surface area contributed by atoms with Crippen molar-refractivity contribution in [1.82, 2.24) is 14.9 Å². The summed E-state index contributed by atoms with van der Waals surface area (Å²) in [5.74, 6) is -0.486. The molecule has 0 saturated heterocycles. The Labute approximate surface area is 186 Å². The summed E-state index contributed by atoms with van der Waals surface area (Å²) < 4.78 is 0. The molecule has 0 saturated carbocycles. The fraction of sp³-hybridized carbons (Fsp3) is 0.154. The van der Waals surface area contributed by atoms with Crippen molar-refractivity contribution in [2.45, 2.75) is 13.3 Å². The third-order valence-electron chi connectivity index (χ3n) is 5.30. The predicted octanol–water partition coefficient (Wildman–Crippen LogP) is 4.57. The van der Waals surface area contributed by atoms with Crippen molar-refractivity contribution in [1.29, 1.82) is 0 Å². The second-order valence-corrected chi connectivity index (χ2v) is 7.53. The number of aryl methyl sites for hydroxylation is 1. The SMILES string of the molecule is CCc1ccccc1NC(=O)CN(C)C(=O)c1cc(-c2cccnc2)nc2ccccc12. The first kappa shape index (κ1) is 21.2. The van der Waals surface area contributed by atoms with E-state index in [-0.39, 0.29) is 18.4 Å². The Balaban J connectivity index is 1.60. The second kappa shape index (κ2) is 9.39. The maximum Gasteiger partial charge on any atom is 0.254 e. The maximum atomic E-state index is 13.4. The van der Waals surface area contributed by atoms with E-state index in [2.05, 4.69) is 10.3 Å². The summed E-state index contributed by atoms with van der Waals surface area (Å²) in [5.41, 5.74) is 4.52. The molecule has 4 rings (SSSR count). The molecule has 6 heteroatoms. The molecule has 0 aliphatic rings. The van der Waals surface area contributed by atoms with Gasteiger partial charge in [0.15, 0.2) is 0 Å². The largest absolute Gasteiger partial charge is 0.332 e. The van der Waals surface area contributed by atoms with Crippen LogP contribution in [0.3, 0.4) is 0 Å². The van der Waals surface area contributed by atoms with E-state index in [1.54, 1.807) is 25.5 Å². The fourth-order valence-corrected chi connectivity index (χ4v) is 3.65. The number of pyridine rings is 2. The lowest BCUT2D eigenvalue weighted by Crippen LogP contribution is -2.35. The van der Waals surface area contributed by atoms with Crippen molar-refractivity contribution in [3.8, 4) is 11.3 Å². The first-order valence-corrected chi connectivity index (χ1v) is 10.5. The summed E-state index contributed by atoms with van der Waals surface area (Å²) in [5, 5.41) is 3.66. The van der Waals surface area contributed by atoms with Crippen LogP contribution in [0.15, 0.2) is 79.1 Å².